The summed E-state index contributed by atoms with van der Waals surface area (Å²) in [7, 11) is 0. The number of nitrogens with one attached hydrogen (secondary N) is 1. The molecule has 1 N–H and O–H groups in total. The fourth-order valence-electron chi connectivity index (χ4n) is 2.72. The Balaban J connectivity index is 1.72. The molecule has 0 aliphatic rings. The third-order valence-electron chi connectivity index (χ3n) is 3.94. The van der Waals surface area contributed by atoms with Crippen molar-refractivity contribution >= 4 is 16.9 Å². The summed E-state index contributed by atoms with van der Waals surface area (Å²) in [5.74, 6) is -0.295. The molecule has 0 atom stereocenters. The van der Waals surface area contributed by atoms with E-state index in [2.05, 4.69) is 5.32 Å². The second-order valence-corrected chi connectivity index (χ2v) is 5.68. The summed E-state index contributed by atoms with van der Waals surface area (Å²) in [5, 5.41) is 3.71. The molecular weight excluding hydrogens is 321 g/mol. The van der Waals surface area contributed by atoms with Gasteiger partial charge in [0.05, 0.1) is 6.61 Å². The average Bonchev–Trinajstić information content (AvgIpc) is 2.98. The highest BCUT2D eigenvalue weighted by Gasteiger charge is 2.20. The molecule has 0 radical (unpaired) electrons. The van der Waals surface area contributed by atoms with E-state index in [1.807, 2.05) is 37.3 Å². The fourth-order valence-corrected chi connectivity index (χ4v) is 2.72. The van der Waals surface area contributed by atoms with Gasteiger partial charge in [0.2, 0.25) is 0 Å². The maximum Gasteiger partial charge on any atom is 0.287 e. The Hall–Kier alpha value is -2.66. The van der Waals surface area contributed by atoms with Gasteiger partial charge in [0, 0.05) is 24.1 Å². The topological polar surface area (TPSA) is 51.5 Å². The molecule has 0 fully saturated rings. The Morgan fingerprint density at radius 3 is 2.84 bits per heavy atom. The van der Waals surface area contributed by atoms with Crippen LogP contribution >= 0.6 is 0 Å². The maximum absolute atomic E-state index is 13.2. The van der Waals surface area contributed by atoms with Gasteiger partial charge in [-0.25, -0.2) is 4.39 Å². The number of hydrogen-bond acceptors (Lipinski definition) is 3. The molecule has 1 amide bonds. The molecule has 0 bridgehead atoms. The second-order valence-electron chi connectivity index (χ2n) is 5.68. The lowest BCUT2D eigenvalue weighted by atomic mass is 10.1. The largest absolute Gasteiger partial charge is 0.451 e. The summed E-state index contributed by atoms with van der Waals surface area (Å²) >= 11 is 0. The SMILES string of the molecule is CCOCc1c(C(=O)NCCc2cccc(F)c2)oc2ccccc12. The number of carbonyl (C=O) groups excluding carboxylic acids is 1. The Labute approximate surface area is 145 Å². The summed E-state index contributed by atoms with van der Waals surface area (Å²) in [6.45, 7) is 3.18. The summed E-state index contributed by atoms with van der Waals surface area (Å²) in [5.41, 5.74) is 2.24. The highest BCUT2D eigenvalue weighted by molar-refractivity contribution is 5.99. The molecule has 3 rings (SSSR count). The zero-order chi connectivity index (χ0) is 17.6. The molecule has 0 saturated carbocycles. The molecule has 0 aliphatic carbocycles. The smallest absolute Gasteiger partial charge is 0.287 e. The molecule has 1 aromatic heterocycles. The molecule has 25 heavy (non-hydrogen) atoms. The summed E-state index contributed by atoms with van der Waals surface area (Å²) < 4.78 is 24.4. The third-order valence-corrected chi connectivity index (χ3v) is 3.94. The number of amides is 1. The van der Waals surface area contributed by atoms with E-state index in [1.54, 1.807) is 6.07 Å². The van der Waals surface area contributed by atoms with Gasteiger partial charge in [0.25, 0.3) is 5.91 Å². The van der Waals surface area contributed by atoms with Crippen LogP contribution in [0.2, 0.25) is 0 Å². The first kappa shape index (κ1) is 17.2. The predicted molar refractivity (Wildman–Crippen MR) is 94.0 cm³/mol. The van der Waals surface area contributed by atoms with Crippen LogP contribution in [0.5, 0.6) is 0 Å². The molecule has 4 nitrogen and oxygen atoms in total. The molecule has 0 saturated heterocycles. The zero-order valence-corrected chi connectivity index (χ0v) is 14.0. The van der Waals surface area contributed by atoms with Crippen molar-refractivity contribution in [1.29, 1.82) is 0 Å². The van der Waals surface area contributed by atoms with Crippen molar-refractivity contribution in [2.75, 3.05) is 13.2 Å². The standard InChI is InChI=1S/C20H20FNO3/c1-2-24-13-17-16-8-3-4-9-18(16)25-19(17)20(23)22-11-10-14-6-5-7-15(21)12-14/h3-9,12H,2,10-11,13H2,1H3,(H,22,23). The van der Waals surface area contributed by atoms with Crippen LogP contribution in [0.1, 0.15) is 28.6 Å². The van der Waals surface area contributed by atoms with Crippen LogP contribution in [-0.2, 0) is 17.8 Å². The monoisotopic (exact) mass is 341 g/mol. The first-order valence-corrected chi connectivity index (χ1v) is 8.30. The number of rotatable bonds is 7. The van der Waals surface area contributed by atoms with E-state index in [1.165, 1.54) is 12.1 Å². The number of benzene rings is 2. The van der Waals surface area contributed by atoms with Gasteiger partial charge < -0.3 is 14.5 Å². The normalized spacial score (nSPS) is 11.0. The zero-order valence-electron chi connectivity index (χ0n) is 14.0. The van der Waals surface area contributed by atoms with Crippen LogP contribution in [0.25, 0.3) is 11.0 Å². The number of ether oxygens (including phenoxy) is 1. The Morgan fingerprint density at radius 2 is 2.04 bits per heavy atom. The van der Waals surface area contributed by atoms with Crippen molar-refractivity contribution in [3.8, 4) is 0 Å². The van der Waals surface area contributed by atoms with Crippen LogP contribution in [0.15, 0.2) is 52.9 Å². The van der Waals surface area contributed by atoms with E-state index in [0.29, 0.717) is 31.8 Å². The molecule has 1 heterocycles. The highest BCUT2D eigenvalue weighted by Crippen LogP contribution is 2.26. The van der Waals surface area contributed by atoms with Gasteiger partial charge in [0.1, 0.15) is 11.4 Å². The van der Waals surface area contributed by atoms with E-state index in [9.17, 15) is 9.18 Å². The average molecular weight is 341 g/mol. The molecule has 130 valence electrons. The summed E-state index contributed by atoms with van der Waals surface area (Å²) in [6.07, 6.45) is 0.546. The lowest BCUT2D eigenvalue weighted by molar-refractivity contribution is 0.0915. The van der Waals surface area contributed by atoms with Crippen molar-refractivity contribution in [3.05, 3.63) is 71.2 Å². The van der Waals surface area contributed by atoms with E-state index < -0.39 is 0 Å². The third kappa shape index (κ3) is 4.06. The van der Waals surface area contributed by atoms with E-state index in [0.717, 1.165) is 16.5 Å². The van der Waals surface area contributed by atoms with E-state index in [-0.39, 0.29) is 17.5 Å². The van der Waals surface area contributed by atoms with Crippen LogP contribution in [0.4, 0.5) is 4.39 Å². The molecule has 2 aromatic carbocycles. The molecular formula is C20H20FNO3. The molecule has 0 unspecified atom stereocenters. The minimum Gasteiger partial charge on any atom is -0.451 e. The van der Waals surface area contributed by atoms with Crippen molar-refractivity contribution in [2.45, 2.75) is 20.0 Å². The predicted octanol–water partition coefficient (Wildman–Crippen LogP) is 4.08. The fraction of sp³-hybridized carbons (Fsp3) is 0.250. The lowest BCUT2D eigenvalue weighted by Gasteiger charge is -2.06. The van der Waals surface area contributed by atoms with Crippen molar-refractivity contribution < 1.29 is 18.3 Å². The van der Waals surface area contributed by atoms with Crippen molar-refractivity contribution in [1.82, 2.24) is 5.32 Å². The highest BCUT2D eigenvalue weighted by atomic mass is 19.1. The number of furan rings is 1. The minimum atomic E-state index is -0.290. The Kier molecular flexibility index (Phi) is 5.46. The molecule has 5 heteroatoms. The lowest BCUT2D eigenvalue weighted by Crippen LogP contribution is -2.26. The second kappa shape index (κ2) is 7.94. The summed E-state index contributed by atoms with van der Waals surface area (Å²) in [6, 6.07) is 13.9. The molecule has 0 spiro atoms. The number of fused-ring (bicyclic) bond motifs is 1. The van der Waals surface area contributed by atoms with Gasteiger partial charge in [-0.05, 0) is 37.1 Å². The first-order chi connectivity index (χ1) is 12.2. The van der Waals surface area contributed by atoms with Gasteiger partial charge in [-0.1, -0.05) is 30.3 Å². The quantitative estimate of drug-likeness (QED) is 0.704. The van der Waals surface area contributed by atoms with Crippen molar-refractivity contribution in [2.24, 2.45) is 0 Å². The number of hydrogen-bond donors (Lipinski definition) is 1. The van der Waals surface area contributed by atoms with Gasteiger partial charge in [0.15, 0.2) is 5.76 Å². The van der Waals surface area contributed by atoms with Crippen LogP contribution < -0.4 is 5.32 Å². The Bertz CT molecular complexity index is 872. The number of para-hydroxylation sites is 1. The number of carbonyl (C=O) groups is 1. The molecule has 3 aromatic rings. The summed E-state index contributed by atoms with van der Waals surface area (Å²) in [4.78, 5) is 12.5. The van der Waals surface area contributed by atoms with E-state index in [4.69, 9.17) is 9.15 Å². The van der Waals surface area contributed by atoms with Gasteiger partial charge in [-0.3, -0.25) is 4.79 Å². The van der Waals surface area contributed by atoms with Crippen LogP contribution in [0.3, 0.4) is 0 Å². The maximum atomic E-state index is 13.2. The van der Waals surface area contributed by atoms with Gasteiger partial charge in [-0.2, -0.15) is 0 Å². The Morgan fingerprint density at radius 1 is 1.20 bits per heavy atom. The van der Waals surface area contributed by atoms with Crippen molar-refractivity contribution in [3.63, 3.8) is 0 Å². The van der Waals surface area contributed by atoms with Crippen LogP contribution in [0, 0.1) is 5.82 Å². The van der Waals surface area contributed by atoms with Gasteiger partial charge in [-0.15, -0.1) is 0 Å². The van der Waals surface area contributed by atoms with E-state index >= 15 is 0 Å². The van der Waals surface area contributed by atoms with Crippen LogP contribution in [-0.4, -0.2) is 19.1 Å². The first-order valence-electron chi connectivity index (χ1n) is 8.30. The number of halogens is 1. The van der Waals surface area contributed by atoms with Gasteiger partial charge >= 0.3 is 0 Å². The molecule has 0 aliphatic heterocycles. The minimum absolute atomic E-state index is 0.272.